The van der Waals surface area contributed by atoms with Crippen LogP contribution in [0.1, 0.15) is 55.2 Å². The molecule has 4 aromatic rings. The number of nitrogens with one attached hydrogen (secondary N) is 1. The molecule has 0 amide bonds. The molecule has 14 heteroatoms. The number of rotatable bonds is 8. The second kappa shape index (κ2) is 13.5. The number of carbonyl (C=O) groups excluding carboxylic acids is 1. The molecular weight excluding hydrogens is 751 g/mol. The number of epoxide rings is 1. The lowest BCUT2D eigenvalue weighted by atomic mass is 9.64. The number of aryl methyl sites for hydroxylation is 2. The van der Waals surface area contributed by atoms with Crippen LogP contribution in [-0.2, 0) is 27.2 Å². The van der Waals surface area contributed by atoms with Crippen LogP contribution in [0.2, 0.25) is 0 Å². The normalized spacial score (nSPS) is 28.3. The molecule has 1 aromatic carbocycles. The van der Waals surface area contributed by atoms with Gasteiger partial charge in [0.05, 0.1) is 36.3 Å². The summed E-state index contributed by atoms with van der Waals surface area (Å²) >= 11 is 0. The van der Waals surface area contributed by atoms with Crippen molar-refractivity contribution in [3.05, 3.63) is 105 Å². The largest absolute Gasteiger partial charge is 0.507 e. The fourth-order valence-corrected chi connectivity index (χ4v) is 10.3. The summed E-state index contributed by atoms with van der Waals surface area (Å²) in [6.45, 7) is 7.40. The lowest BCUT2D eigenvalue weighted by molar-refractivity contribution is -0.172. The Bertz CT molecular complexity index is 2630. The molecule has 2 fully saturated rings. The minimum Gasteiger partial charge on any atom is -0.507 e. The lowest BCUT2D eigenvalue weighted by Gasteiger charge is -2.47. The van der Waals surface area contributed by atoms with Crippen molar-refractivity contribution in [1.82, 2.24) is 20.2 Å². The second-order valence-electron chi connectivity index (χ2n) is 17.3. The van der Waals surface area contributed by atoms with Gasteiger partial charge in [-0.25, -0.2) is 14.8 Å². The van der Waals surface area contributed by atoms with Gasteiger partial charge >= 0.3 is 5.97 Å². The number of nitrogens with zero attached hydrogens (tertiary/aromatic N) is 4. The summed E-state index contributed by atoms with van der Waals surface area (Å²) in [5.41, 5.74) is 16.2. The molecule has 1 aliphatic carbocycles. The third-order valence-electron chi connectivity index (χ3n) is 12.9. The number of aromatic hydroxyl groups is 1. The average Bonchev–Trinajstić information content (AvgIpc) is 3.52. The monoisotopic (exact) mass is 797 g/mol. The number of pyridine rings is 2. The molecule has 1 unspecified atom stereocenters. The van der Waals surface area contributed by atoms with Gasteiger partial charge in [-0.2, -0.15) is 0 Å². The Morgan fingerprint density at radius 3 is 2.69 bits per heavy atom. The van der Waals surface area contributed by atoms with Gasteiger partial charge in [-0.15, -0.1) is 0 Å². The number of hydrogen-bond donors (Lipinski definition) is 4. The van der Waals surface area contributed by atoms with E-state index in [0.717, 1.165) is 28.1 Å². The molecule has 14 nitrogen and oxygen atoms in total. The van der Waals surface area contributed by atoms with Crippen molar-refractivity contribution in [2.45, 2.75) is 75.9 Å². The molecule has 304 valence electrons. The molecule has 3 aromatic heterocycles. The van der Waals surface area contributed by atoms with E-state index in [1.807, 2.05) is 51.4 Å². The maximum atomic E-state index is 14.7. The third-order valence-corrected chi connectivity index (χ3v) is 12.9. The van der Waals surface area contributed by atoms with Gasteiger partial charge in [0.1, 0.15) is 51.6 Å². The van der Waals surface area contributed by atoms with Gasteiger partial charge < -0.3 is 45.4 Å². The fraction of sp³-hybridized carbons (Fsp3) is 0.400. The maximum absolute atomic E-state index is 14.7. The number of allylic oxidation sites excluding steroid dienone is 2. The van der Waals surface area contributed by atoms with E-state index < -0.39 is 35.3 Å². The van der Waals surface area contributed by atoms with Gasteiger partial charge in [-0.1, -0.05) is 12.2 Å². The number of phenols is 1. The molecule has 0 radical (unpaired) electrons. The number of nitrogen functional groups attached to an aromatic ring is 2. The number of esters is 1. The molecule has 2 bridgehead atoms. The zero-order chi connectivity index (χ0) is 41.0. The first-order chi connectivity index (χ1) is 28.3. The Kier molecular flexibility index (Phi) is 8.55. The van der Waals surface area contributed by atoms with E-state index >= 15 is 0 Å². The van der Waals surface area contributed by atoms with Gasteiger partial charge in [0.25, 0.3) is 0 Å². The predicted octanol–water partition coefficient (Wildman–Crippen LogP) is 5.07. The number of hydrogen-bond acceptors (Lipinski definition) is 14. The summed E-state index contributed by atoms with van der Waals surface area (Å²) in [6.07, 6.45) is 10.7. The molecule has 59 heavy (non-hydrogen) atoms. The van der Waals surface area contributed by atoms with Crippen LogP contribution in [0.4, 0.5) is 11.6 Å². The maximum Gasteiger partial charge on any atom is 0.342 e. The van der Waals surface area contributed by atoms with Gasteiger partial charge in [0, 0.05) is 53.1 Å². The number of aromatic nitrogens is 2. The molecule has 2 saturated heterocycles. The number of phenolic OH excluding ortho intramolecular Hbond substituents is 1. The van der Waals surface area contributed by atoms with Crippen molar-refractivity contribution in [3.8, 4) is 22.8 Å². The van der Waals surface area contributed by atoms with Crippen molar-refractivity contribution in [1.29, 1.82) is 0 Å². The van der Waals surface area contributed by atoms with E-state index in [1.54, 1.807) is 19.1 Å². The van der Waals surface area contributed by atoms with Crippen LogP contribution in [-0.4, -0.2) is 75.2 Å². The van der Waals surface area contributed by atoms with E-state index in [9.17, 15) is 14.7 Å². The van der Waals surface area contributed by atoms with E-state index in [4.69, 9.17) is 30.1 Å². The summed E-state index contributed by atoms with van der Waals surface area (Å²) in [4.78, 5) is 43.8. The number of nitrogens with two attached hydrogens (primary N) is 2. The topological polar surface area (TPSA) is 204 Å². The van der Waals surface area contributed by atoms with Crippen molar-refractivity contribution in [3.63, 3.8) is 0 Å². The first kappa shape index (κ1) is 37.3. The van der Waals surface area contributed by atoms with Crippen molar-refractivity contribution in [2.75, 3.05) is 31.6 Å². The molecule has 1 spiro atoms. The first-order valence-corrected chi connectivity index (χ1v) is 20.2. The summed E-state index contributed by atoms with van der Waals surface area (Å²) < 4.78 is 25.6. The standard InChI is InChI=1S/C45H47N7O7/c1-22-11-32(53)39-33(56-22)17-34-40(41(39)54)38-29-7-6-27(14-26(29)18-48-4)45(43(55)57-42(38)44(2,3)58-34)35(59-45)8-5-23-12-30(51-36(46)13-23)25-15-28(50-37(47)16-25)20-52-19-24-9-10-49-31(24)21-52/h6-7,9-13,15-17,19,26-27,29,35,38,42,48,54H,5,8,14,18,20-21H2,1-4H3,(H2,46,51)(H2,47,50)/t26-,27?,29-,35-,38-,42-,45-/m1/s1. The molecule has 11 rings (SSSR count). The molecule has 6 aliphatic heterocycles. The predicted molar refractivity (Wildman–Crippen MR) is 222 cm³/mol. The minimum atomic E-state index is -1.21. The Morgan fingerprint density at radius 1 is 1.05 bits per heavy atom. The molecule has 7 atom stereocenters. The van der Waals surface area contributed by atoms with Crippen molar-refractivity contribution in [2.24, 2.45) is 22.7 Å². The summed E-state index contributed by atoms with van der Waals surface area (Å²) in [5, 5.41) is 15.3. The van der Waals surface area contributed by atoms with E-state index in [-0.39, 0.29) is 39.9 Å². The Labute approximate surface area is 340 Å². The van der Waals surface area contributed by atoms with Crippen LogP contribution in [0.3, 0.4) is 0 Å². The van der Waals surface area contributed by atoms with E-state index in [2.05, 4.69) is 43.5 Å². The Morgan fingerprint density at radius 2 is 1.88 bits per heavy atom. The fourth-order valence-electron chi connectivity index (χ4n) is 10.3. The van der Waals surface area contributed by atoms with Crippen LogP contribution in [0.25, 0.3) is 22.2 Å². The molecule has 9 heterocycles. The van der Waals surface area contributed by atoms with Gasteiger partial charge in [-0.3, -0.25) is 9.79 Å². The van der Waals surface area contributed by atoms with Crippen LogP contribution in [0, 0.1) is 24.7 Å². The average molecular weight is 798 g/mol. The van der Waals surface area contributed by atoms with Gasteiger partial charge in [-0.05, 0) is 101 Å². The Hall–Kier alpha value is -5.99. The number of fused-ring (bicyclic) bond motifs is 5. The zero-order valence-corrected chi connectivity index (χ0v) is 33.4. The SMILES string of the molecule is CNC[C@H]1CC2C=C[C@H]1[C@@H]1c3c(cc4oc(C)cc(=O)c4c3O)OC(C)(C)[C@@H]1OC(=O)[C@@]21O[C@@H]1CCc1cc(N)nc(-c2cc(N)nc(CN3C=C4C=CN=C4C3)c2)c1. The van der Waals surface area contributed by atoms with Crippen molar-refractivity contribution < 1.29 is 28.5 Å². The minimum absolute atomic E-state index is 0.0394. The zero-order valence-electron chi connectivity index (χ0n) is 33.4. The smallest absolute Gasteiger partial charge is 0.342 e. The molecule has 0 saturated carbocycles. The van der Waals surface area contributed by atoms with Gasteiger partial charge in [0.15, 0.2) is 11.0 Å². The number of anilines is 2. The third kappa shape index (κ3) is 6.19. The second-order valence-corrected chi connectivity index (χ2v) is 17.3. The first-order valence-electron chi connectivity index (χ1n) is 20.2. The quantitative estimate of drug-likeness (QED) is 0.105. The highest BCUT2D eigenvalue weighted by Crippen LogP contribution is 2.59. The molecule has 7 aliphatic rings. The van der Waals surface area contributed by atoms with Gasteiger partial charge in [0.2, 0.25) is 0 Å². The van der Waals surface area contributed by atoms with E-state index in [1.165, 1.54) is 6.07 Å². The van der Waals surface area contributed by atoms with Crippen LogP contribution >= 0.6 is 0 Å². The number of benzene rings is 1. The van der Waals surface area contributed by atoms with Crippen LogP contribution in [0.5, 0.6) is 11.5 Å². The molecular formula is C45H47N7O7. The highest BCUT2D eigenvalue weighted by Gasteiger charge is 2.70. The highest BCUT2D eigenvalue weighted by atomic mass is 16.7. The summed E-state index contributed by atoms with van der Waals surface area (Å²) in [6, 6.07) is 10.7. The van der Waals surface area contributed by atoms with Crippen LogP contribution < -0.4 is 26.9 Å². The highest BCUT2D eigenvalue weighted by molar-refractivity contribution is 6.07. The summed E-state index contributed by atoms with van der Waals surface area (Å²) in [5.74, 6) is 0.0362. The molecule has 6 N–H and O–H groups in total. The summed E-state index contributed by atoms with van der Waals surface area (Å²) in [7, 11) is 1.91. The number of ether oxygens (including phenoxy) is 3. The van der Waals surface area contributed by atoms with Crippen molar-refractivity contribution >= 4 is 34.3 Å². The van der Waals surface area contributed by atoms with E-state index in [0.29, 0.717) is 73.3 Å². The number of carbonyl (C=O) groups is 1. The number of aliphatic imine (C=N–C) groups is 1. The Balaban J connectivity index is 0.934. The van der Waals surface area contributed by atoms with Crippen LogP contribution in [0.15, 0.2) is 86.8 Å². The lowest BCUT2D eigenvalue weighted by Crippen LogP contribution is -2.54.